The normalized spacial score (nSPS) is 12.5. The summed E-state index contributed by atoms with van der Waals surface area (Å²) >= 11 is 18.5. The van der Waals surface area contributed by atoms with Crippen LogP contribution in [-0.2, 0) is 0 Å². The Hall–Kier alpha value is -0.890. The lowest BCUT2D eigenvalue weighted by Crippen LogP contribution is -2.14. The van der Waals surface area contributed by atoms with Crippen molar-refractivity contribution in [1.29, 1.82) is 0 Å². The van der Waals surface area contributed by atoms with Crippen molar-refractivity contribution in [3.63, 3.8) is 0 Å². The van der Waals surface area contributed by atoms with Gasteiger partial charge in [0.15, 0.2) is 0 Å². The largest absolute Gasteiger partial charge is 0.376 e. The third-order valence-corrected chi connectivity index (χ3v) is 4.05. The lowest BCUT2D eigenvalue weighted by atomic mass is 9.97. The second-order valence-corrected chi connectivity index (χ2v) is 6.73. The first-order valence-corrected chi connectivity index (χ1v) is 8.06. The van der Waals surface area contributed by atoms with Gasteiger partial charge in [-0.2, -0.15) is 0 Å². The summed E-state index contributed by atoms with van der Waals surface area (Å²) in [7, 11) is 0. The molecule has 0 aromatic heterocycles. The third-order valence-electron chi connectivity index (χ3n) is 3.23. The summed E-state index contributed by atoms with van der Waals surface area (Å²) in [5.41, 5.74) is 1.95. The molecule has 4 heteroatoms. The van der Waals surface area contributed by atoms with E-state index in [1.54, 1.807) is 12.1 Å². The lowest BCUT2D eigenvalue weighted by Gasteiger charge is -2.23. The number of anilines is 1. The zero-order valence-electron chi connectivity index (χ0n) is 12.0. The number of benzene rings is 2. The molecule has 2 rings (SSSR count). The molecule has 1 nitrogen and oxygen atoms in total. The van der Waals surface area contributed by atoms with Gasteiger partial charge in [0.05, 0.1) is 21.8 Å². The van der Waals surface area contributed by atoms with E-state index in [9.17, 15) is 0 Å². The molecule has 0 bridgehead atoms. The molecular formula is C17H18Cl3N. The molecule has 0 aliphatic heterocycles. The topological polar surface area (TPSA) is 12.0 Å². The van der Waals surface area contributed by atoms with Gasteiger partial charge in [-0.25, -0.2) is 0 Å². The molecule has 0 amide bonds. The van der Waals surface area contributed by atoms with E-state index in [2.05, 4.69) is 31.3 Å². The maximum atomic E-state index is 6.27. The molecule has 0 fully saturated rings. The van der Waals surface area contributed by atoms with Gasteiger partial charge in [0.2, 0.25) is 0 Å². The van der Waals surface area contributed by atoms with Crippen molar-refractivity contribution in [3.8, 4) is 0 Å². The zero-order valence-corrected chi connectivity index (χ0v) is 14.3. The van der Waals surface area contributed by atoms with Gasteiger partial charge in [-0.15, -0.1) is 0 Å². The van der Waals surface area contributed by atoms with E-state index in [1.165, 1.54) is 5.56 Å². The molecule has 0 saturated heterocycles. The highest BCUT2D eigenvalue weighted by Crippen LogP contribution is 2.37. The predicted molar refractivity (Wildman–Crippen MR) is 93.7 cm³/mol. The third kappa shape index (κ3) is 4.54. The van der Waals surface area contributed by atoms with E-state index in [0.29, 0.717) is 21.0 Å². The van der Waals surface area contributed by atoms with Crippen molar-refractivity contribution in [2.45, 2.75) is 26.3 Å². The van der Waals surface area contributed by atoms with Crippen LogP contribution in [0.4, 0.5) is 5.69 Å². The number of nitrogens with one attached hydrogen (secondary N) is 1. The molecule has 0 heterocycles. The Balaban J connectivity index is 2.32. The van der Waals surface area contributed by atoms with Crippen molar-refractivity contribution < 1.29 is 0 Å². The number of rotatable bonds is 5. The van der Waals surface area contributed by atoms with E-state index in [0.717, 1.165) is 12.1 Å². The molecular weight excluding hydrogens is 325 g/mol. The van der Waals surface area contributed by atoms with Crippen LogP contribution in [0.25, 0.3) is 0 Å². The van der Waals surface area contributed by atoms with E-state index in [-0.39, 0.29) is 6.04 Å². The van der Waals surface area contributed by atoms with Crippen LogP contribution in [-0.4, -0.2) is 0 Å². The van der Waals surface area contributed by atoms with Crippen LogP contribution >= 0.6 is 34.8 Å². The fourth-order valence-electron chi connectivity index (χ4n) is 2.29. The molecule has 0 spiro atoms. The van der Waals surface area contributed by atoms with Crippen LogP contribution in [0, 0.1) is 5.92 Å². The maximum absolute atomic E-state index is 6.27. The average molecular weight is 343 g/mol. The molecule has 1 N–H and O–H groups in total. The number of halogens is 3. The number of hydrogen-bond donors (Lipinski definition) is 1. The molecule has 0 aliphatic carbocycles. The first kappa shape index (κ1) is 16.5. The van der Waals surface area contributed by atoms with Crippen LogP contribution in [0.1, 0.15) is 31.9 Å². The molecule has 0 aliphatic rings. The Kier molecular flexibility index (Phi) is 5.80. The van der Waals surface area contributed by atoms with Crippen molar-refractivity contribution >= 4 is 40.5 Å². The summed E-state index contributed by atoms with van der Waals surface area (Å²) in [6.07, 6.45) is 0.985. The molecule has 112 valence electrons. The highest BCUT2D eigenvalue weighted by Gasteiger charge is 2.16. The molecule has 1 unspecified atom stereocenters. The molecule has 1 atom stereocenters. The summed E-state index contributed by atoms with van der Waals surface area (Å²) < 4.78 is 0. The van der Waals surface area contributed by atoms with Gasteiger partial charge < -0.3 is 5.32 Å². The first-order chi connectivity index (χ1) is 9.97. The minimum Gasteiger partial charge on any atom is -0.376 e. The summed E-state index contributed by atoms with van der Waals surface area (Å²) in [4.78, 5) is 0. The van der Waals surface area contributed by atoms with Crippen LogP contribution in [0.5, 0.6) is 0 Å². The van der Waals surface area contributed by atoms with Gasteiger partial charge in [-0.3, -0.25) is 0 Å². The quantitative estimate of drug-likeness (QED) is 0.626. The summed E-state index contributed by atoms with van der Waals surface area (Å²) in [6, 6.07) is 13.9. The van der Waals surface area contributed by atoms with Gasteiger partial charge in [-0.1, -0.05) is 79.0 Å². The van der Waals surface area contributed by atoms with Crippen molar-refractivity contribution in [2.24, 2.45) is 5.92 Å². The van der Waals surface area contributed by atoms with Crippen LogP contribution in [0.3, 0.4) is 0 Å². The van der Waals surface area contributed by atoms with Gasteiger partial charge >= 0.3 is 0 Å². The SMILES string of the molecule is CC(C)CC(Nc1c(Cl)cc(Cl)cc1Cl)c1ccccc1. The van der Waals surface area contributed by atoms with Crippen molar-refractivity contribution in [1.82, 2.24) is 0 Å². The van der Waals surface area contributed by atoms with Crippen LogP contribution < -0.4 is 5.32 Å². The predicted octanol–water partition coefficient (Wildman–Crippen LogP) is 6.85. The minimum atomic E-state index is 0.155. The van der Waals surface area contributed by atoms with Crippen molar-refractivity contribution in [3.05, 3.63) is 63.1 Å². The Morgan fingerprint density at radius 3 is 2.05 bits per heavy atom. The van der Waals surface area contributed by atoms with E-state index in [4.69, 9.17) is 34.8 Å². The average Bonchev–Trinajstić information content (AvgIpc) is 2.42. The second-order valence-electron chi connectivity index (χ2n) is 5.48. The van der Waals surface area contributed by atoms with E-state index >= 15 is 0 Å². The van der Waals surface area contributed by atoms with Crippen LogP contribution in [0.2, 0.25) is 15.1 Å². The summed E-state index contributed by atoms with van der Waals surface area (Å²) in [5.74, 6) is 0.549. The van der Waals surface area contributed by atoms with Gasteiger partial charge in [0, 0.05) is 5.02 Å². The van der Waals surface area contributed by atoms with E-state index < -0.39 is 0 Å². The summed E-state index contributed by atoms with van der Waals surface area (Å²) in [6.45, 7) is 4.39. The monoisotopic (exact) mass is 341 g/mol. The summed E-state index contributed by atoms with van der Waals surface area (Å²) in [5, 5.41) is 5.08. The fourth-order valence-corrected chi connectivity index (χ4v) is 3.22. The Morgan fingerprint density at radius 1 is 0.952 bits per heavy atom. The number of hydrogen-bond acceptors (Lipinski definition) is 1. The molecule has 21 heavy (non-hydrogen) atoms. The smallest absolute Gasteiger partial charge is 0.0724 e. The van der Waals surface area contributed by atoms with Crippen molar-refractivity contribution in [2.75, 3.05) is 5.32 Å². The second kappa shape index (κ2) is 7.40. The first-order valence-electron chi connectivity index (χ1n) is 6.93. The van der Waals surface area contributed by atoms with Crippen LogP contribution in [0.15, 0.2) is 42.5 Å². The van der Waals surface area contributed by atoms with Gasteiger partial charge in [0.1, 0.15) is 0 Å². The maximum Gasteiger partial charge on any atom is 0.0724 e. The zero-order chi connectivity index (χ0) is 15.4. The molecule has 2 aromatic rings. The highest BCUT2D eigenvalue weighted by molar-refractivity contribution is 6.41. The Morgan fingerprint density at radius 2 is 1.52 bits per heavy atom. The molecule has 0 saturated carbocycles. The minimum absolute atomic E-state index is 0.155. The fraction of sp³-hybridized carbons (Fsp3) is 0.294. The van der Waals surface area contributed by atoms with Gasteiger partial charge in [0.25, 0.3) is 0 Å². The standard InChI is InChI=1S/C17H18Cl3N/c1-11(2)8-16(12-6-4-3-5-7-12)21-17-14(19)9-13(18)10-15(17)20/h3-7,9-11,16,21H,8H2,1-2H3. The van der Waals surface area contributed by atoms with Gasteiger partial charge in [-0.05, 0) is 30.0 Å². The Labute approximate surface area is 141 Å². The highest BCUT2D eigenvalue weighted by atomic mass is 35.5. The Bertz CT molecular complexity index is 573. The molecule has 2 aromatic carbocycles. The lowest BCUT2D eigenvalue weighted by molar-refractivity contribution is 0.531. The molecule has 0 radical (unpaired) electrons. The van der Waals surface area contributed by atoms with E-state index in [1.807, 2.05) is 18.2 Å².